The van der Waals surface area contributed by atoms with Crippen molar-refractivity contribution in [2.75, 3.05) is 5.32 Å². The van der Waals surface area contributed by atoms with Crippen molar-refractivity contribution in [3.05, 3.63) is 56.4 Å². The number of hydrogen-bond acceptors (Lipinski definition) is 4. The van der Waals surface area contributed by atoms with Crippen molar-refractivity contribution in [1.29, 1.82) is 0 Å². The zero-order valence-corrected chi connectivity index (χ0v) is 15.0. The zero-order valence-electron chi connectivity index (χ0n) is 14.1. The minimum absolute atomic E-state index is 0.0166. The lowest BCUT2D eigenvalue weighted by Gasteiger charge is -2.13. The molecule has 0 atom stereocenters. The number of halogens is 1. The van der Waals surface area contributed by atoms with Crippen molar-refractivity contribution in [3.8, 4) is 0 Å². The van der Waals surface area contributed by atoms with Gasteiger partial charge < -0.3 is 5.32 Å². The number of nitrogens with one attached hydrogen (secondary N) is 1. The summed E-state index contributed by atoms with van der Waals surface area (Å²) in [5.74, 6) is 0.259. The summed E-state index contributed by atoms with van der Waals surface area (Å²) in [6, 6.07) is 6.64. The first kappa shape index (κ1) is 16.3. The molecule has 0 saturated heterocycles. The molecule has 2 heterocycles. The third kappa shape index (κ3) is 2.84. The van der Waals surface area contributed by atoms with Crippen LogP contribution in [0, 0.1) is 5.82 Å². The Morgan fingerprint density at radius 1 is 1.28 bits per heavy atom. The molecule has 4 nitrogen and oxygen atoms in total. The lowest BCUT2D eigenvalue weighted by atomic mass is 9.97. The summed E-state index contributed by atoms with van der Waals surface area (Å²) in [7, 11) is 0. The molecular weight excluding hydrogens is 337 g/mol. The van der Waals surface area contributed by atoms with Crippen LogP contribution in [0.3, 0.4) is 0 Å². The standard InChI is InChI=1S/C19H20FN3OS/c1-2-23-18(24)16-13-8-4-6-10-15(13)25-17(16)22-19(23)21-11-12-7-3-5-9-14(12)20/h3,5,7,9H,2,4,6,8,10-11H2,1H3,(H,21,22). The normalized spacial score (nSPS) is 13.8. The smallest absolute Gasteiger partial charge is 0.263 e. The molecule has 1 aromatic carbocycles. The summed E-state index contributed by atoms with van der Waals surface area (Å²) < 4.78 is 15.5. The third-order valence-electron chi connectivity index (χ3n) is 4.79. The van der Waals surface area contributed by atoms with Gasteiger partial charge in [-0.1, -0.05) is 18.2 Å². The number of thiophene rings is 1. The second kappa shape index (κ2) is 6.59. The molecule has 0 saturated carbocycles. The SMILES string of the molecule is CCn1c(NCc2ccccc2F)nc2sc3c(c2c1=O)CCCC3. The fraction of sp³-hybridized carbons (Fsp3) is 0.368. The first-order valence-electron chi connectivity index (χ1n) is 8.71. The third-order valence-corrected chi connectivity index (χ3v) is 5.97. The van der Waals surface area contributed by atoms with Gasteiger partial charge in [0.2, 0.25) is 5.95 Å². The second-order valence-electron chi connectivity index (χ2n) is 6.32. The largest absolute Gasteiger partial charge is 0.351 e. The van der Waals surface area contributed by atoms with Crippen molar-refractivity contribution in [2.45, 2.75) is 45.7 Å². The summed E-state index contributed by atoms with van der Waals surface area (Å²) in [5, 5.41) is 3.94. The van der Waals surface area contributed by atoms with Gasteiger partial charge in [-0.3, -0.25) is 9.36 Å². The number of hydrogen-bond donors (Lipinski definition) is 1. The summed E-state index contributed by atoms with van der Waals surface area (Å²) in [5.41, 5.74) is 1.78. The van der Waals surface area contributed by atoms with Crippen LogP contribution in [0.1, 0.15) is 35.8 Å². The van der Waals surface area contributed by atoms with Crippen LogP contribution in [0.5, 0.6) is 0 Å². The molecule has 0 amide bonds. The maximum absolute atomic E-state index is 13.8. The Hall–Kier alpha value is -2.21. The Bertz CT molecular complexity index is 992. The predicted molar refractivity (Wildman–Crippen MR) is 99.9 cm³/mol. The number of aromatic nitrogens is 2. The highest BCUT2D eigenvalue weighted by Gasteiger charge is 2.21. The van der Waals surface area contributed by atoms with E-state index in [9.17, 15) is 9.18 Å². The van der Waals surface area contributed by atoms with Gasteiger partial charge in [0.25, 0.3) is 5.56 Å². The van der Waals surface area contributed by atoms with Crippen LogP contribution in [0.15, 0.2) is 29.1 Å². The summed E-state index contributed by atoms with van der Waals surface area (Å²) in [6.07, 6.45) is 4.33. The van der Waals surface area contributed by atoms with Gasteiger partial charge in [0.15, 0.2) is 0 Å². The van der Waals surface area contributed by atoms with Crippen LogP contribution in [0.25, 0.3) is 10.2 Å². The van der Waals surface area contributed by atoms with E-state index in [4.69, 9.17) is 4.98 Å². The van der Waals surface area contributed by atoms with Crippen molar-refractivity contribution < 1.29 is 4.39 Å². The van der Waals surface area contributed by atoms with Crippen molar-refractivity contribution >= 4 is 27.5 Å². The number of anilines is 1. The first-order valence-corrected chi connectivity index (χ1v) is 9.53. The molecule has 0 spiro atoms. The van der Waals surface area contributed by atoms with E-state index in [0.29, 0.717) is 24.6 Å². The van der Waals surface area contributed by atoms with E-state index in [-0.39, 0.29) is 11.4 Å². The molecule has 0 fully saturated rings. The maximum atomic E-state index is 13.8. The molecule has 3 aromatic rings. The average Bonchev–Trinajstić information content (AvgIpc) is 2.99. The number of benzene rings is 1. The summed E-state index contributed by atoms with van der Waals surface area (Å²) in [4.78, 5) is 19.8. The van der Waals surface area contributed by atoms with Crippen molar-refractivity contribution in [2.24, 2.45) is 0 Å². The number of aryl methyl sites for hydroxylation is 2. The highest BCUT2D eigenvalue weighted by Crippen LogP contribution is 2.34. The molecule has 2 aromatic heterocycles. The lowest BCUT2D eigenvalue weighted by Crippen LogP contribution is -2.24. The number of fused-ring (bicyclic) bond motifs is 3. The topological polar surface area (TPSA) is 46.9 Å². The monoisotopic (exact) mass is 357 g/mol. The highest BCUT2D eigenvalue weighted by atomic mass is 32.1. The van der Waals surface area contributed by atoms with Crippen LogP contribution in [0.2, 0.25) is 0 Å². The van der Waals surface area contributed by atoms with E-state index < -0.39 is 0 Å². The second-order valence-corrected chi connectivity index (χ2v) is 7.40. The summed E-state index contributed by atoms with van der Waals surface area (Å²) in [6.45, 7) is 2.77. The van der Waals surface area contributed by atoms with E-state index >= 15 is 0 Å². The van der Waals surface area contributed by atoms with Gasteiger partial charge in [0.1, 0.15) is 10.6 Å². The minimum atomic E-state index is -0.256. The molecule has 130 valence electrons. The number of rotatable bonds is 4. The molecule has 25 heavy (non-hydrogen) atoms. The van der Waals surface area contributed by atoms with Crippen molar-refractivity contribution in [1.82, 2.24) is 9.55 Å². The van der Waals surface area contributed by atoms with Crippen molar-refractivity contribution in [3.63, 3.8) is 0 Å². The number of nitrogens with zero attached hydrogens (tertiary/aromatic N) is 2. The van der Waals surface area contributed by atoms with Gasteiger partial charge in [-0.05, 0) is 44.2 Å². The Balaban J connectivity index is 1.76. The van der Waals surface area contributed by atoms with Crippen LogP contribution < -0.4 is 10.9 Å². The molecule has 0 radical (unpaired) electrons. The van der Waals surface area contributed by atoms with E-state index in [1.54, 1.807) is 34.1 Å². The van der Waals surface area contributed by atoms with Gasteiger partial charge in [-0.25, -0.2) is 9.37 Å². The van der Waals surface area contributed by atoms with E-state index in [1.807, 2.05) is 6.92 Å². The van der Waals surface area contributed by atoms with Crippen LogP contribution >= 0.6 is 11.3 Å². The van der Waals surface area contributed by atoms with Gasteiger partial charge >= 0.3 is 0 Å². The van der Waals surface area contributed by atoms with Crippen LogP contribution in [-0.4, -0.2) is 9.55 Å². The first-order chi connectivity index (χ1) is 12.2. The van der Waals surface area contributed by atoms with E-state index in [0.717, 1.165) is 29.5 Å². The molecule has 1 aliphatic carbocycles. The highest BCUT2D eigenvalue weighted by molar-refractivity contribution is 7.18. The quantitative estimate of drug-likeness (QED) is 0.764. The Morgan fingerprint density at radius 2 is 2.08 bits per heavy atom. The Kier molecular flexibility index (Phi) is 4.29. The fourth-order valence-corrected chi connectivity index (χ4v) is 4.73. The van der Waals surface area contributed by atoms with Gasteiger partial charge in [-0.2, -0.15) is 0 Å². The molecule has 1 N–H and O–H groups in total. The Labute approximate surface area is 149 Å². The van der Waals surface area contributed by atoms with Gasteiger partial charge in [0.05, 0.1) is 5.39 Å². The molecular formula is C19H20FN3OS. The van der Waals surface area contributed by atoms with Crippen LogP contribution in [0.4, 0.5) is 10.3 Å². The molecule has 4 rings (SSSR count). The fourth-order valence-electron chi connectivity index (χ4n) is 3.48. The molecule has 0 aliphatic heterocycles. The van der Waals surface area contributed by atoms with E-state index in [2.05, 4.69) is 5.32 Å². The zero-order chi connectivity index (χ0) is 17.4. The molecule has 1 aliphatic rings. The predicted octanol–water partition coefficient (Wildman–Crippen LogP) is 4.11. The van der Waals surface area contributed by atoms with E-state index in [1.165, 1.54) is 22.9 Å². The summed E-state index contributed by atoms with van der Waals surface area (Å²) >= 11 is 1.63. The maximum Gasteiger partial charge on any atom is 0.263 e. The minimum Gasteiger partial charge on any atom is -0.351 e. The van der Waals surface area contributed by atoms with Crippen LogP contribution in [-0.2, 0) is 25.9 Å². The van der Waals surface area contributed by atoms with Gasteiger partial charge in [0, 0.05) is 23.5 Å². The van der Waals surface area contributed by atoms with Gasteiger partial charge in [-0.15, -0.1) is 11.3 Å². The average molecular weight is 357 g/mol. The molecule has 0 unspecified atom stereocenters. The Morgan fingerprint density at radius 3 is 2.88 bits per heavy atom. The molecule has 6 heteroatoms. The molecule has 0 bridgehead atoms. The lowest BCUT2D eigenvalue weighted by molar-refractivity contribution is 0.612.